The first-order valence-corrected chi connectivity index (χ1v) is 4.38. The fourth-order valence-electron chi connectivity index (χ4n) is 1.26. The van der Waals surface area contributed by atoms with Gasteiger partial charge in [-0.2, -0.15) is 13.2 Å². The number of aliphatic carboxylic acids is 1. The second-order valence-corrected chi connectivity index (χ2v) is 3.24. The number of benzene rings is 1. The smallest absolute Gasteiger partial charge is 0.416 e. The molecule has 0 unspecified atom stereocenters. The number of carboxylic acid groups (broad SMARTS) is 1. The highest BCUT2D eigenvalue weighted by atomic mass is 19.4. The molecule has 0 amide bonds. The van der Waals surface area contributed by atoms with Crippen LogP contribution in [0, 0.1) is 0 Å². The molecule has 0 bridgehead atoms. The van der Waals surface area contributed by atoms with Gasteiger partial charge in [-0.25, -0.2) is 4.79 Å². The van der Waals surface area contributed by atoms with E-state index in [-0.39, 0.29) is 17.6 Å². The molecule has 1 aromatic carbocycles. The fourth-order valence-corrected chi connectivity index (χ4v) is 1.26. The molecule has 0 spiro atoms. The highest BCUT2D eigenvalue weighted by Crippen LogP contribution is 2.32. The Balaban J connectivity index is 3.05. The predicted molar refractivity (Wildman–Crippen MR) is 51.9 cm³/mol. The van der Waals surface area contributed by atoms with Crippen LogP contribution in [0.2, 0.25) is 0 Å². The summed E-state index contributed by atoms with van der Waals surface area (Å²) in [7, 11) is 0. The molecule has 0 aliphatic rings. The molecule has 0 aromatic heterocycles. The van der Waals surface area contributed by atoms with Crippen LogP contribution in [0.4, 0.5) is 13.2 Å². The van der Waals surface area contributed by atoms with Gasteiger partial charge in [-0.15, -0.1) is 0 Å². The highest BCUT2D eigenvalue weighted by Gasteiger charge is 2.33. The van der Waals surface area contributed by atoms with Crippen molar-refractivity contribution in [1.82, 2.24) is 0 Å². The Labute approximate surface area is 90.0 Å². The van der Waals surface area contributed by atoms with Gasteiger partial charge in [-0.05, 0) is 11.6 Å². The molecule has 0 aliphatic heterocycles. The van der Waals surface area contributed by atoms with Gasteiger partial charge in [0.2, 0.25) is 0 Å². The van der Waals surface area contributed by atoms with Crippen LogP contribution >= 0.6 is 0 Å². The van der Waals surface area contributed by atoms with E-state index >= 15 is 0 Å². The van der Waals surface area contributed by atoms with E-state index in [9.17, 15) is 18.0 Å². The molecule has 5 heteroatoms. The summed E-state index contributed by atoms with van der Waals surface area (Å²) in [5.74, 6) is -1.29. The molecule has 2 nitrogen and oxygen atoms in total. The van der Waals surface area contributed by atoms with E-state index in [0.29, 0.717) is 0 Å². The van der Waals surface area contributed by atoms with E-state index in [1.807, 2.05) is 0 Å². The summed E-state index contributed by atoms with van der Waals surface area (Å²) in [6, 6.07) is 4.86. The van der Waals surface area contributed by atoms with E-state index in [0.717, 1.165) is 6.07 Å². The summed E-state index contributed by atoms with van der Waals surface area (Å²) in [4.78, 5) is 10.5. The van der Waals surface area contributed by atoms with E-state index in [2.05, 4.69) is 6.58 Å². The Morgan fingerprint density at radius 1 is 1.31 bits per heavy atom. The number of rotatable bonds is 3. The lowest BCUT2D eigenvalue weighted by Gasteiger charge is -2.12. The van der Waals surface area contributed by atoms with Gasteiger partial charge in [0.15, 0.2) is 0 Å². The largest absolute Gasteiger partial charge is 0.478 e. The van der Waals surface area contributed by atoms with Crippen molar-refractivity contribution in [3.63, 3.8) is 0 Å². The molecule has 1 N–H and O–H groups in total. The van der Waals surface area contributed by atoms with Gasteiger partial charge in [0.25, 0.3) is 0 Å². The van der Waals surface area contributed by atoms with E-state index in [1.54, 1.807) is 0 Å². The minimum Gasteiger partial charge on any atom is -0.478 e. The zero-order valence-electron chi connectivity index (χ0n) is 8.21. The number of hydrogen-bond donors (Lipinski definition) is 1. The summed E-state index contributed by atoms with van der Waals surface area (Å²) in [6.07, 6.45) is -4.79. The third-order valence-electron chi connectivity index (χ3n) is 2.03. The van der Waals surface area contributed by atoms with Crippen molar-refractivity contribution < 1.29 is 23.1 Å². The molecular weight excluding hydrogens is 221 g/mol. The Bertz CT molecular complexity index is 421. The molecule has 0 saturated carbocycles. The SMILES string of the molecule is C=C(Cc1ccccc1C(F)(F)F)C(=O)O. The lowest BCUT2D eigenvalue weighted by molar-refractivity contribution is -0.138. The second-order valence-electron chi connectivity index (χ2n) is 3.24. The molecule has 0 fully saturated rings. The normalized spacial score (nSPS) is 11.2. The summed E-state index contributed by atoms with van der Waals surface area (Å²) < 4.78 is 37.6. The van der Waals surface area contributed by atoms with Crippen LogP contribution in [0.3, 0.4) is 0 Å². The highest BCUT2D eigenvalue weighted by molar-refractivity contribution is 5.86. The Morgan fingerprint density at radius 3 is 2.38 bits per heavy atom. The second kappa shape index (κ2) is 4.38. The van der Waals surface area contributed by atoms with Crippen molar-refractivity contribution in [2.24, 2.45) is 0 Å². The van der Waals surface area contributed by atoms with E-state index in [1.165, 1.54) is 18.2 Å². The molecule has 0 atom stereocenters. The summed E-state index contributed by atoms with van der Waals surface area (Å²) in [5.41, 5.74) is -1.17. The van der Waals surface area contributed by atoms with Crippen molar-refractivity contribution in [2.45, 2.75) is 12.6 Å². The van der Waals surface area contributed by atoms with Crippen LogP contribution in [-0.2, 0) is 17.4 Å². The van der Waals surface area contributed by atoms with Gasteiger partial charge in [-0.1, -0.05) is 24.8 Å². The maximum atomic E-state index is 12.5. The Morgan fingerprint density at radius 2 is 1.88 bits per heavy atom. The minimum absolute atomic E-state index is 0.0811. The Kier molecular flexibility index (Phi) is 3.37. The molecule has 0 aliphatic carbocycles. The fraction of sp³-hybridized carbons (Fsp3) is 0.182. The lowest BCUT2D eigenvalue weighted by atomic mass is 10.0. The van der Waals surface area contributed by atoms with Crippen LogP contribution in [-0.4, -0.2) is 11.1 Å². The molecule has 0 heterocycles. The molecule has 0 saturated heterocycles. The first-order valence-electron chi connectivity index (χ1n) is 4.38. The van der Waals surface area contributed by atoms with E-state index < -0.39 is 17.7 Å². The zero-order chi connectivity index (χ0) is 12.3. The third-order valence-corrected chi connectivity index (χ3v) is 2.03. The van der Waals surface area contributed by atoms with Gasteiger partial charge in [0.05, 0.1) is 5.56 Å². The standard InChI is InChI=1S/C11H9F3O2/c1-7(10(15)16)6-8-4-2-3-5-9(8)11(12,13)14/h2-5H,1,6H2,(H,15,16). The first-order chi connectivity index (χ1) is 7.32. The van der Waals surface area contributed by atoms with Crippen molar-refractivity contribution in [3.05, 3.63) is 47.5 Å². The molecule has 86 valence electrons. The molecule has 0 radical (unpaired) electrons. The van der Waals surface area contributed by atoms with Gasteiger partial charge < -0.3 is 5.11 Å². The summed E-state index contributed by atoms with van der Waals surface area (Å²) in [6.45, 7) is 3.21. The molecule has 1 rings (SSSR count). The molecule has 1 aromatic rings. The summed E-state index contributed by atoms with van der Waals surface area (Å²) >= 11 is 0. The van der Waals surface area contributed by atoms with E-state index in [4.69, 9.17) is 5.11 Å². The van der Waals surface area contributed by atoms with Crippen molar-refractivity contribution in [3.8, 4) is 0 Å². The summed E-state index contributed by atoms with van der Waals surface area (Å²) in [5, 5.41) is 8.56. The Hall–Kier alpha value is -1.78. The maximum absolute atomic E-state index is 12.5. The van der Waals surface area contributed by atoms with Crippen LogP contribution in [0.1, 0.15) is 11.1 Å². The number of hydrogen-bond acceptors (Lipinski definition) is 1. The predicted octanol–water partition coefficient (Wildman–Crippen LogP) is 2.89. The van der Waals surface area contributed by atoms with Gasteiger partial charge in [-0.3, -0.25) is 0 Å². The van der Waals surface area contributed by atoms with Gasteiger partial charge >= 0.3 is 12.1 Å². The monoisotopic (exact) mass is 230 g/mol. The van der Waals surface area contributed by atoms with Crippen LogP contribution in [0.5, 0.6) is 0 Å². The van der Waals surface area contributed by atoms with Crippen LogP contribution in [0.25, 0.3) is 0 Å². The topological polar surface area (TPSA) is 37.3 Å². The number of carbonyl (C=O) groups is 1. The maximum Gasteiger partial charge on any atom is 0.416 e. The molecule has 16 heavy (non-hydrogen) atoms. The average molecular weight is 230 g/mol. The number of carboxylic acids is 1. The van der Waals surface area contributed by atoms with Crippen molar-refractivity contribution >= 4 is 5.97 Å². The number of halogens is 3. The average Bonchev–Trinajstić information content (AvgIpc) is 2.16. The van der Waals surface area contributed by atoms with Gasteiger partial charge in [0, 0.05) is 12.0 Å². The lowest BCUT2D eigenvalue weighted by Crippen LogP contribution is -2.11. The first kappa shape index (κ1) is 12.3. The minimum atomic E-state index is -4.48. The van der Waals surface area contributed by atoms with Crippen molar-refractivity contribution in [1.29, 1.82) is 0 Å². The van der Waals surface area contributed by atoms with Crippen molar-refractivity contribution in [2.75, 3.05) is 0 Å². The van der Waals surface area contributed by atoms with Crippen LogP contribution < -0.4 is 0 Å². The quantitative estimate of drug-likeness (QED) is 0.810. The van der Waals surface area contributed by atoms with Crippen LogP contribution in [0.15, 0.2) is 36.4 Å². The van der Waals surface area contributed by atoms with Gasteiger partial charge in [0.1, 0.15) is 0 Å². The third kappa shape index (κ3) is 2.85. The zero-order valence-corrected chi connectivity index (χ0v) is 8.21. The molecular formula is C11H9F3O2. The number of alkyl halides is 3.